The summed E-state index contributed by atoms with van der Waals surface area (Å²) in [6.07, 6.45) is 0. The molecule has 2 N–H and O–H groups in total. The van der Waals surface area contributed by atoms with Gasteiger partial charge in [-0.3, -0.25) is 4.79 Å². The number of aromatic nitrogens is 3. The van der Waals surface area contributed by atoms with Gasteiger partial charge >= 0.3 is 0 Å². The van der Waals surface area contributed by atoms with Crippen LogP contribution in [0.25, 0.3) is 11.4 Å². The normalized spacial score (nSPS) is 14.7. The highest BCUT2D eigenvalue weighted by Gasteiger charge is 2.36. The first kappa shape index (κ1) is 22.2. The third-order valence-electron chi connectivity index (χ3n) is 5.91. The van der Waals surface area contributed by atoms with Crippen LogP contribution in [0.1, 0.15) is 18.5 Å². The van der Waals surface area contributed by atoms with E-state index >= 15 is 0 Å². The number of benzene rings is 3. The van der Waals surface area contributed by atoms with E-state index < -0.39 is 6.04 Å². The molecule has 2 heterocycles. The van der Waals surface area contributed by atoms with Crippen molar-refractivity contribution in [1.29, 1.82) is 0 Å². The Labute approximate surface area is 203 Å². The number of hydrogen-bond donors (Lipinski definition) is 2. The highest BCUT2D eigenvalue weighted by Crippen LogP contribution is 2.40. The molecule has 1 unspecified atom stereocenters. The van der Waals surface area contributed by atoms with Gasteiger partial charge in [0.1, 0.15) is 17.5 Å². The number of allylic oxidation sites excluding steroid dienone is 1. The van der Waals surface area contributed by atoms with Crippen molar-refractivity contribution >= 4 is 17.5 Å². The molecule has 1 aliphatic heterocycles. The lowest BCUT2D eigenvalue weighted by Crippen LogP contribution is -2.31. The van der Waals surface area contributed by atoms with E-state index in [1.807, 2.05) is 85.8 Å². The van der Waals surface area contributed by atoms with Crippen LogP contribution < -0.4 is 20.1 Å². The average molecular weight is 468 g/mol. The summed E-state index contributed by atoms with van der Waals surface area (Å²) in [4.78, 5) is 18.3. The van der Waals surface area contributed by atoms with Crippen LogP contribution in [0.5, 0.6) is 11.5 Å². The summed E-state index contributed by atoms with van der Waals surface area (Å²) in [5.41, 5.74) is 3.56. The SMILES string of the molecule is COc1ccc(-c2nc3n(n2)C(c2ccccc2OC)C(C(=O)Nc2ccccc2)=C(C)N3)cc1. The van der Waals surface area contributed by atoms with Crippen molar-refractivity contribution in [3.8, 4) is 22.9 Å². The number of nitrogens with one attached hydrogen (secondary N) is 2. The number of carbonyl (C=O) groups excluding carboxylic acids is 1. The largest absolute Gasteiger partial charge is 0.497 e. The Morgan fingerprint density at radius 2 is 1.66 bits per heavy atom. The van der Waals surface area contributed by atoms with Crippen LogP contribution >= 0.6 is 0 Å². The van der Waals surface area contributed by atoms with Crippen molar-refractivity contribution in [2.45, 2.75) is 13.0 Å². The van der Waals surface area contributed by atoms with E-state index in [0.717, 1.165) is 16.9 Å². The number of ether oxygens (including phenoxy) is 2. The fourth-order valence-electron chi connectivity index (χ4n) is 4.21. The molecular weight excluding hydrogens is 442 g/mol. The number of para-hydroxylation sites is 2. The van der Waals surface area contributed by atoms with Gasteiger partial charge in [0, 0.05) is 22.5 Å². The van der Waals surface area contributed by atoms with Gasteiger partial charge in [-0.2, -0.15) is 4.98 Å². The molecule has 35 heavy (non-hydrogen) atoms. The van der Waals surface area contributed by atoms with Gasteiger partial charge < -0.3 is 20.1 Å². The quantitative estimate of drug-likeness (QED) is 0.420. The molecule has 0 radical (unpaired) electrons. The predicted octanol–water partition coefficient (Wildman–Crippen LogP) is 4.89. The number of methoxy groups -OCH3 is 2. The van der Waals surface area contributed by atoms with Crippen LogP contribution in [0.2, 0.25) is 0 Å². The van der Waals surface area contributed by atoms with Crippen LogP contribution in [-0.4, -0.2) is 34.9 Å². The van der Waals surface area contributed by atoms with E-state index in [2.05, 4.69) is 10.6 Å². The predicted molar refractivity (Wildman–Crippen MR) is 135 cm³/mol. The number of nitrogens with zero attached hydrogens (tertiary/aromatic N) is 3. The lowest BCUT2D eigenvalue weighted by Gasteiger charge is -2.29. The lowest BCUT2D eigenvalue weighted by molar-refractivity contribution is -0.113. The summed E-state index contributed by atoms with van der Waals surface area (Å²) in [7, 11) is 3.24. The zero-order valence-corrected chi connectivity index (χ0v) is 19.6. The third kappa shape index (κ3) is 4.21. The second-order valence-electron chi connectivity index (χ2n) is 8.06. The van der Waals surface area contributed by atoms with Crippen molar-refractivity contribution in [3.63, 3.8) is 0 Å². The Morgan fingerprint density at radius 1 is 0.943 bits per heavy atom. The molecule has 176 valence electrons. The van der Waals surface area contributed by atoms with Gasteiger partial charge in [-0.15, -0.1) is 5.10 Å². The monoisotopic (exact) mass is 467 g/mol. The zero-order valence-electron chi connectivity index (χ0n) is 19.6. The Kier molecular flexibility index (Phi) is 5.93. The Morgan fingerprint density at radius 3 is 2.37 bits per heavy atom. The number of rotatable bonds is 6. The summed E-state index contributed by atoms with van der Waals surface area (Å²) < 4.78 is 12.7. The standard InChI is InChI=1S/C27H25N5O3/c1-17-23(26(33)29-19-9-5-4-6-10-19)24(21-11-7-8-12-22(21)35-3)32-27(28-17)30-25(31-32)18-13-15-20(34-2)16-14-18/h4-16,24H,1-3H3,(H,29,33)(H,28,30,31). The molecule has 5 rings (SSSR count). The summed E-state index contributed by atoms with van der Waals surface area (Å²) in [6.45, 7) is 1.87. The lowest BCUT2D eigenvalue weighted by atomic mass is 9.94. The van der Waals surface area contributed by atoms with Gasteiger partial charge in [0.25, 0.3) is 5.91 Å². The van der Waals surface area contributed by atoms with E-state index in [1.54, 1.807) is 18.9 Å². The van der Waals surface area contributed by atoms with E-state index in [1.165, 1.54) is 0 Å². The van der Waals surface area contributed by atoms with E-state index in [4.69, 9.17) is 19.6 Å². The van der Waals surface area contributed by atoms with Crippen molar-refractivity contribution in [3.05, 3.63) is 95.7 Å². The van der Waals surface area contributed by atoms with Gasteiger partial charge in [0.15, 0.2) is 5.82 Å². The zero-order chi connectivity index (χ0) is 24.4. The van der Waals surface area contributed by atoms with Gasteiger partial charge in [0.2, 0.25) is 5.95 Å². The number of anilines is 2. The topological polar surface area (TPSA) is 90.3 Å². The molecule has 0 aliphatic carbocycles. The van der Waals surface area contributed by atoms with Gasteiger partial charge in [-0.25, -0.2) is 4.68 Å². The van der Waals surface area contributed by atoms with Crippen molar-refractivity contribution < 1.29 is 14.3 Å². The second-order valence-corrected chi connectivity index (χ2v) is 8.06. The summed E-state index contributed by atoms with van der Waals surface area (Å²) in [5.74, 6) is 2.25. The first-order chi connectivity index (χ1) is 17.1. The molecule has 4 aromatic rings. The summed E-state index contributed by atoms with van der Waals surface area (Å²) >= 11 is 0. The maximum atomic E-state index is 13.6. The number of hydrogen-bond acceptors (Lipinski definition) is 6. The molecule has 1 atom stereocenters. The number of carbonyl (C=O) groups is 1. The molecule has 1 aliphatic rings. The minimum Gasteiger partial charge on any atom is -0.497 e. The molecule has 1 amide bonds. The molecule has 8 heteroatoms. The van der Waals surface area contributed by atoms with Gasteiger partial charge in [-0.1, -0.05) is 36.4 Å². The summed E-state index contributed by atoms with van der Waals surface area (Å²) in [5, 5.41) is 11.1. The molecule has 8 nitrogen and oxygen atoms in total. The van der Waals surface area contributed by atoms with Crippen LogP contribution in [0, 0.1) is 0 Å². The van der Waals surface area contributed by atoms with E-state index in [9.17, 15) is 4.79 Å². The van der Waals surface area contributed by atoms with E-state index in [0.29, 0.717) is 34.5 Å². The van der Waals surface area contributed by atoms with Crippen LogP contribution in [0.3, 0.4) is 0 Å². The molecule has 0 saturated heterocycles. The Balaban J connectivity index is 1.62. The molecule has 0 fully saturated rings. The minimum atomic E-state index is -0.550. The third-order valence-corrected chi connectivity index (χ3v) is 5.91. The Bertz CT molecular complexity index is 1390. The van der Waals surface area contributed by atoms with Crippen LogP contribution in [0.4, 0.5) is 11.6 Å². The molecule has 0 spiro atoms. The molecule has 0 saturated carbocycles. The van der Waals surface area contributed by atoms with Crippen molar-refractivity contribution in [2.24, 2.45) is 0 Å². The van der Waals surface area contributed by atoms with Crippen LogP contribution in [-0.2, 0) is 4.79 Å². The smallest absolute Gasteiger partial charge is 0.255 e. The average Bonchev–Trinajstić information content (AvgIpc) is 3.32. The maximum absolute atomic E-state index is 13.6. The maximum Gasteiger partial charge on any atom is 0.255 e. The number of fused-ring (bicyclic) bond motifs is 1. The fraction of sp³-hybridized carbons (Fsp3) is 0.148. The molecule has 1 aromatic heterocycles. The van der Waals surface area contributed by atoms with Crippen molar-refractivity contribution in [1.82, 2.24) is 14.8 Å². The molecular formula is C27H25N5O3. The molecule has 0 bridgehead atoms. The summed E-state index contributed by atoms with van der Waals surface area (Å²) in [6, 6.07) is 24.0. The number of amides is 1. The van der Waals surface area contributed by atoms with Crippen LogP contribution in [0.15, 0.2) is 90.1 Å². The Hall–Kier alpha value is -4.59. The van der Waals surface area contributed by atoms with Gasteiger partial charge in [-0.05, 0) is 49.4 Å². The van der Waals surface area contributed by atoms with Crippen molar-refractivity contribution in [2.75, 3.05) is 24.9 Å². The highest BCUT2D eigenvalue weighted by molar-refractivity contribution is 6.06. The first-order valence-corrected chi connectivity index (χ1v) is 11.2. The second kappa shape index (κ2) is 9.34. The molecule has 3 aromatic carbocycles. The van der Waals surface area contributed by atoms with Gasteiger partial charge in [0.05, 0.1) is 19.8 Å². The highest BCUT2D eigenvalue weighted by atomic mass is 16.5. The minimum absolute atomic E-state index is 0.232. The van der Waals surface area contributed by atoms with E-state index in [-0.39, 0.29) is 5.91 Å². The fourth-order valence-corrected chi connectivity index (χ4v) is 4.21. The first-order valence-electron chi connectivity index (χ1n) is 11.2.